The van der Waals surface area contributed by atoms with E-state index in [4.69, 9.17) is 0 Å². The molecular weight excluding hydrogens is 288 g/mol. The van der Waals surface area contributed by atoms with Gasteiger partial charge in [-0.25, -0.2) is 0 Å². The topological polar surface area (TPSA) is 54.4 Å². The van der Waals surface area contributed by atoms with E-state index in [1.807, 2.05) is 0 Å². The molecule has 2 bridgehead atoms. The number of hydrogen-bond acceptors (Lipinski definition) is 2. The average Bonchev–Trinajstić information content (AvgIpc) is 2.78. The summed E-state index contributed by atoms with van der Waals surface area (Å²) in [5.41, 5.74) is 0.346. The van der Waals surface area contributed by atoms with Gasteiger partial charge >= 0.3 is 5.97 Å². The normalized spacial score (nSPS) is 54.9. The number of carbonyl (C=O) groups excluding carboxylic acids is 1. The molecule has 0 heterocycles. The Kier molecular flexibility index (Phi) is 3.29. The van der Waals surface area contributed by atoms with Gasteiger partial charge in [-0.15, -0.1) is 0 Å². The van der Waals surface area contributed by atoms with Crippen molar-refractivity contribution in [3.8, 4) is 0 Å². The second-order valence-corrected chi connectivity index (χ2v) is 9.68. The molecule has 7 atom stereocenters. The molecule has 0 amide bonds. The molecule has 4 aliphatic rings. The van der Waals surface area contributed by atoms with Crippen molar-refractivity contribution in [2.24, 2.45) is 39.9 Å². The third-order valence-corrected chi connectivity index (χ3v) is 8.77. The van der Waals surface area contributed by atoms with Gasteiger partial charge in [-0.05, 0) is 80.0 Å². The lowest BCUT2D eigenvalue weighted by molar-refractivity contribution is -0.157. The van der Waals surface area contributed by atoms with E-state index in [9.17, 15) is 14.7 Å². The van der Waals surface area contributed by atoms with Crippen molar-refractivity contribution in [2.45, 2.75) is 71.6 Å². The van der Waals surface area contributed by atoms with E-state index in [1.165, 1.54) is 19.1 Å². The Morgan fingerprint density at radius 1 is 1.04 bits per heavy atom. The maximum atomic E-state index is 11.9. The van der Waals surface area contributed by atoms with Crippen molar-refractivity contribution >= 4 is 12.3 Å². The predicted molar refractivity (Wildman–Crippen MR) is 87.9 cm³/mol. The molecule has 1 N–H and O–H groups in total. The van der Waals surface area contributed by atoms with Gasteiger partial charge in [0.05, 0.1) is 5.92 Å². The lowest BCUT2D eigenvalue weighted by atomic mass is 9.41. The minimum Gasteiger partial charge on any atom is -0.481 e. The number of hydrogen-bond donors (Lipinski definition) is 1. The Balaban J connectivity index is 1.71. The maximum Gasteiger partial charge on any atom is 0.306 e. The standard InChI is InChI=1S/C20H30O3/c1-18(12-21)7-3-8-19(2)15(18)6-9-20-10-13(4-5-16(19)20)14(11-20)17(22)23/h12-16H,3-11H2,1-2H3,(H,22,23)/t13-,14-,15+,16-,18+,19-,20+/m1/s1. The first-order chi connectivity index (χ1) is 10.8. The third-order valence-electron chi connectivity index (χ3n) is 8.77. The molecule has 4 fully saturated rings. The van der Waals surface area contributed by atoms with Crippen LogP contribution in [0, 0.1) is 39.9 Å². The zero-order valence-corrected chi connectivity index (χ0v) is 14.5. The molecule has 0 aliphatic heterocycles. The Hall–Kier alpha value is -0.860. The highest BCUT2D eigenvalue weighted by molar-refractivity contribution is 5.71. The fourth-order valence-corrected chi connectivity index (χ4v) is 7.92. The van der Waals surface area contributed by atoms with Crippen molar-refractivity contribution in [3.05, 3.63) is 0 Å². The van der Waals surface area contributed by atoms with Crippen LogP contribution >= 0.6 is 0 Å². The molecule has 4 rings (SSSR count). The Morgan fingerprint density at radius 2 is 1.83 bits per heavy atom. The van der Waals surface area contributed by atoms with Crippen molar-refractivity contribution in [1.29, 1.82) is 0 Å². The smallest absolute Gasteiger partial charge is 0.306 e. The Morgan fingerprint density at radius 3 is 2.52 bits per heavy atom. The summed E-state index contributed by atoms with van der Waals surface area (Å²) in [4.78, 5) is 23.5. The van der Waals surface area contributed by atoms with Gasteiger partial charge < -0.3 is 9.90 Å². The molecule has 3 nitrogen and oxygen atoms in total. The first kappa shape index (κ1) is 15.7. The van der Waals surface area contributed by atoms with Crippen molar-refractivity contribution < 1.29 is 14.7 Å². The molecule has 0 saturated heterocycles. The highest BCUT2D eigenvalue weighted by atomic mass is 16.4. The fraction of sp³-hybridized carbons (Fsp3) is 0.900. The van der Waals surface area contributed by atoms with E-state index in [0.29, 0.717) is 17.8 Å². The van der Waals surface area contributed by atoms with Crippen LogP contribution in [0.3, 0.4) is 0 Å². The van der Waals surface area contributed by atoms with Crippen LogP contribution < -0.4 is 0 Å². The highest BCUT2D eigenvalue weighted by Crippen LogP contribution is 2.72. The van der Waals surface area contributed by atoms with Crippen LogP contribution in [0.5, 0.6) is 0 Å². The van der Waals surface area contributed by atoms with Gasteiger partial charge in [0.1, 0.15) is 6.29 Å². The number of aliphatic carboxylic acids is 1. The van der Waals surface area contributed by atoms with Crippen LogP contribution in [0.2, 0.25) is 0 Å². The molecule has 0 aromatic carbocycles. The molecule has 4 aliphatic carbocycles. The van der Waals surface area contributed by atoms with E-state index in [2.05, 4.69) is 13.8 Å². The van der Waals surface area contributed by atoms with Gasteiger partial charge in [0, 0.05) is 5.41 Å². The molecule has 3 heteroatoms. The van der Waals surface area contributed by atoms with Crippen LogP contribution in [-0.2, 0) is 9.59 Å². The minimum atomic E-state index is -0.568. The number of fused-ring (bicyclic) bond motifs is 3. The number of carboxylic acid groups (broad SMARTS) is 1. The van der Waals surface area contributed by atoms with Crippen LogP contribution in [0.15, 0.2) is 0 Å². The van der Waals surface area contributed by atoms with Crippen LogP contribution in [0.1, 0.15) is 71.6 Å². The summed E-state index contributed by atoms with van der Waals surface area (Å²) >= 11 is 0. The lowest BCUT2D eigenvalue weighted by Crippen LogP contribution is -2.56. The van der Waals surface area contributed by atoms with Crippen molar-refractivity contribution in [2.75, 3.05) is 0 Å². The lowest BCUT2D eigenvalue weighted by Gasteiger charge is -2.63. The summed E-state index contributed by atoms with van der Waals surface area (Å²) in [7, 11) is 0. The molecule has 0 unspecified atom stereocenters. The molecule has 0 aromatic heterocycles. The predicted octanol–water partition coefficient (Wildman–Crippen LogP) is 4.30. The average molecular weight is 318 g/mol. The SMILES string of the molecule is C[C@@]12CCC[C@@](C)(C=O)[C@@H]1CC[C@@]13C[C@@H](CC[C@@H]12)[C@H](C(=O)O)C3. The molecule has 0 radical (unpaired) electrons. The first-order valence-electron chi connectivity index (χ1n) is 9.54. The zero-order valence-electron chi connectivity index (χ0n) is 14.5. The summed E-state index contributed by atoms with van der Waals surface area (Å²) in [5, 5.41) is 9.62. The van der Waals surface area contributed by atoms with Gasteiger partial charge in [-0.1, -0.05) is 20.3 Å². The Labute approximate surface area is 139 Å². The first-order valence-corrected chi connectivity index (χ1v) is 9.54. The minimum absolute atomic E-state index is 0.110. The molecule has 1 spiro atoms. The van der Waals surface area contributed by atoms with Gasteiger partial charge in [-0.2, -0.15) is 0 Å². The Bertz CT molecular complexity index is 543. The largest absolute Gasteiger partial charge is 0.481 e. The van der Waals surface area contributed by atoms with Gasteiger partial charge in [-0.3, -0.25) is 4.79 Å². The van der Waals surface area contributed by atoms with E-state index < -0.39 is 5.97 Å². The van der Waals surface area contributed by atoms with Crippen LogP contribution in [-0.4, -0.2) is 17.4 Å². The van der Waals surface area contributed by atoms with Crippen molar-refractivity contribution in [1.82, 2.24) is 0 Å². The van der Waals surface area contributed by atoms with Crippen LogP contribution in [0.4, 0.5) is 0 Å². The number of aldehydes is 1. The summed E-state index contributed by atoms with van der Waals surface area (Å²) in [6.45, 7) is 4.62. The molecule has 0 aromatic rings. The summed E-state index contributed by atoms with van der Waals surface area (Å²) in [5.74, 6) is 0.860. The maximum absolute atomic E-state index is 11.9. The highest BCUT2D eigenvalue weighted by Gasteiger charge is 2.65. The fourth-order valence-electron chi connectivity index (χ4n) is 7.92. The van der Waals surface area contributed by atoms with E-state index in [-0.39, 0.29) is 22.2 Å². The number of carboxylic acids is 1. The monoisotopic (exact) mass is 318 g/mol. The van der Waals surface area contributed by atoms with E-state index >= 15 is 0 Å². The van der Waals surface area contributed by atoms with Gasteiger partial charge in [0.2, 0.25) is 0 Å². The summed E-state index contributed by atoms with van der Waals surface area (Å²) < 4.78 is 0. The molecule has 4 saturated carbocycles. The van der Waals surface area contributed by atoms with Gasteiger partial charge in [0.25, 0.3) is 0 Å². The van der Waals surface area contributed by atoms with Gasteiger partial charge in [0.15, 0.2) is 0 Å². The summed E-state index contributed by atoms with van der Waals surface area (Å²) in [6.07, 6.45) is 11.3. The number of rotatable bonds is 2. The van der Waals surface area contributed by atoms with E-state index in [0.717, 1.165) is 44.9 Å². The zero-order chi connectivity index (χ0) is 16.5. The molecule has 23 heavy (non-hydrogen) atoms. The molecular formula is C20H30O3. The van der Waals surface area contributed by atoms with E-state index in [1.54, 1.807) is 0 Å². The second-order valence-electron chi connectivity index (χ2n) is 9.68. The molecule has 128 valence electrons. The van der Waals surface area contributed by atoms with Crippen molar-refractivity contribution in [3.63, 3.8) is 0 Å². The summed E-state index contributed by atoms with van der Waals surface area (Å²) in [6, 6.07) is 0. The quantitative estimate of drug-likeness (QED) is 0.772. The second kappa shape index (κ2) is 4.83. The number of carbonyl (C=O) groups is 2. The van der Waals surface area contributed by atoms with Crippen LogP contribution in [0.25, 0.3) is 0 Å². The third kappa shape index (κ3) is 1.94.